The van der Waals surface area contributed by atoms with Gasteiger partial charge in [0.05, 0.1) is 17.6 Å². The van der Waals surface area contributed by atoms with E-state index >= 15 is 0 Å². The molecular formula is C20H28N6O3. The van der Waals surface area contributed by atoms with Crippen LogP contribution >= 0.6 is 0 Å². The minimum Gasteiger partial charge on any atom is -0.375 e. The second-order valence-corrected chi connectivity index (χ2v) is 7.73. The van der Waals surface area contributed by atoms with E-state index in [0.29, 0.717) is 38.9 Å². The molecule has 1 fully saturated rings. The van der Waals surface area contributed by atoms with E-state index in [1.165, 1.54) is 7.11 Å². The number of imidazole rings is 1. The second kappa shape index (κ2) is 7.98. The summed E-state index contributed by atoms with van der Waals surface area (Å²) in [6.07, 6.45) is 8.01. The Hall–Kier alpha value is -2.68. The lowest BCUT2D eigenvalue weighted by atomic mass is 9.78. The maximum Gasteiger partial charge on any atom is 0.249 e. The van der Waals surface area contributed by atoms with Gasteiger partial charge in [0.2, 0.25) is 11.8 Å². The minimum atomic E-state index is -0.479. The van der Waals surface area contributed by atoms with Gasteiger partial charge in [0.15, 0.2) is 0 Å². The number of piperidine rings is 1. The first-order valence-electron chi connectivity index (χ1n) is 10.2. The largest absolute Gasteiger partial charge is 0.375 e. The Morgan fingerprint density at radius 2 is 2.10 bits per heavy atom. The van der Waals surface area contributed by atoms with Crippen molar-refractivity contribution < 1.29 is 14.3 Å². The molecule has 9 heteroatoms. The molecule has 0 saturated carbocycles. The third-order valence-electron chi connectivity index (χ3n) is 6.25. The van der Waals surface area contributed by atoms with Crippen LogP contribution in [0.5, 0.6) is 0 Å². The number of carbonyl (C=O) groups excluding carboxylic acids is 2. The van der Waals surface area contributed by atoms with Crippen LogP contribution in [0.4, 0.5) is 0 Å². The van der Waals surface area contributed by atoms with E-state index in [1.54, 1.807) is 17.2 Å². The summed E-state index contributed by atoms with van der Waals surface area (Å²) in [5.74, 6) is 0.0581. The summed E-state index contributed by atoms with van der Waals surface area (Å²) in [7, 11) is 1.54. The Balaban J connectivity index is 1.55. The molecule has 1 N–H and O–H groups in total. The molecule has 1 saturated heterocycles. The molecule has 1 spiro atoms. The summed E-state index contributed by atoms with van der Waals surface area (Å²) in [6, 6.07) is 1.54. The topological polar surface area (TPSA) is 96.4 Å². The lowest BCUT2D eigenvalue weighted by molar-refractivity contribution is -0.148. The van der Waals surface area contributed by atoms with E-state index in [1.807, 2.05) is 29.0 Å². The highest BCUT2D eigenvalue weighted by Gasteiger charge is 2.49. The third kappa shape index (κ3) is 3.33. The number of amides is 2. The molecule has 2 amide bonds. The van der Waals surface area contributed by atoms with E-state index < -0.39 is 5.54 Å². The van der Waals surface area contributed by atoms with Gasteiger partial charge in [0.1, 0.15) is 12.6 Å². The van der Waals surface area contributed by atoms with Gasteiger partial charge < -0.3 is 19.5 Å². The summed E-state index contributed by atoms with van der Waals surface area (Å²) >= 11 is 0. The zero-order valence-corrected chi connectivity index (χ0v) is 17.0. The number of carbonyl (C=O) groups is 2. The summed E-state index contributed by atoms with van der Waals surface area (Å²) < 4.78 is 6.84. The van der Waals surface area contributed by atoms with Crippen LogP contribution < -0.4 is 0 Å². The lowest BCUT2D eigenvalue weighted by Gasteiger charge is -2.50. The standard InChI is InChI=1S/C20H28N6O3/c1-3-16(26-9-4-8-23-26)19(28)24-11-6-20(7-12-24)18-15(21-14-22-18)5-10-25(20)17(27)13-29-2/h4,8-9,14,16H,3,5-7,10-13H2,1-2H3,(H,21,22)/t16-/m0/s1. The molecule has 0 radical (unpaired) electrons. The Morgan fingerprint density at radius 3 is 2.76 bits per heavy atom. The highest BCUT2D eigenvalue weighted by Crippen LogP contribution is 2.42. The number of likely N-dealkylation sites (tertiary alicyclic amines) is 1. The van der Waals surface area contributed by atoms with Crippen molar-refractivity contribution in [2.75, 3.05) is 33.4 Å². The fourth-order valence-electron chi connectivity index (χ4n) is 4.80. The van der Waals surface area contributed by atoms with Crippen molar-refractivity contribution in [2.24, 2.45) is 0 Å². The van der Waals surface area contributed by atoms with E-state index in [9.17, 15) is 9.59 Å². The molecule has 2 aromatic heterocycles. The Morgan fingerprint density at radius 1 is 1.31 bits per heavy atom. The van der Waals surface area contributed by atoms with Crippen molar-refractivity contribution in [3.05, 3.63) is 36.2 Å². The van der Waals surface area contributed by atoms with Crippen LogP contribution in [0.1, 0.15) is 43.6 Å². The number of H-pyrrole nitrogens is 1. The molecule has 29 heavy (non-hydrogen) atoms. The first-order valence-corrected chi connectivity index (χ1v) is 10.2. The molecule has 0 aromatic carbocycles. The van der Waals surface area contributed by atoms with E-state index in [2.05, 4.69) is 15.1 Å². The van der Waals surface area contributed by atoms with E-state index in [0.717, 1.165) is 17.8 Å². The molecule has 4 rings (SSSR count). The molecule has 0 aliphatic carbocycles. The molecule has 2 aliphatic rings. The zero-order chi connectivity index (χ0) is 20.4. The van der Waals surface area contributed by atoms with Gasteiger partial charge >= 0.3 is 0 Å². The van der Waals surface area contributed by atoms with Crippen LogP contribution in [-0.4, -0.2) is 74.7 Å². The van der Waals surface area contributed by atoms with Crippen molar-refractivity contribution in [3.8, 4) is 0 Å². The molecule has 9 nitrogen and oxygen atoms in total. The second-order valence-electron chi connectivity index (χ2n) is 7.73. The van der Waals surface area contributed by atoms with Crippen LogP contribution in [0.25, 0.3) is 0 Å². The van der Waals surface area contributed by atoms with E-state index in [4.69, 9.17) is 4.74 Å². The highest BCUT2D eigenvalue weighted by atomic mass is 16.5. The third-order valence-corrected chi connectivity index (χ3v) is 6.25. The van der Waals surface area contributed by atoms with Gasteiger partial charge in [0, 0.05) is 51.3 Å². The summed E-state index contributed by atoms with van der Waals surface area (Å²) in [5.41, 5.74) is 1.56. The quantitative estimate of drug-likeness (QED) is 0.811. The van der Waals surface area contributed by atoms with Crippen molar-refractivity contribution in [1.29, 1.82) is 0 Å². The summed E-state index contributed by atoms with van der Waals surface area (Å²) in [4.78, 5) is 37.6. The molecular weight excluding hydrogens is 372 g/mol. The molecule has 156 valence electrons. The monoisotopic (exact) mass is 400 g/mol. The maximum atomic E-state index is 13.2. The summed E-state index contributed by atoms with van der Waals surface area (Å²) in [6.45, 7) is 3.86. The minimum absolute atomic E-state index is 0.0242. The number of methoxy groups -OCH3 is 1. The van der Waals surface area contributed by atoms with E-state index in [-0.39, 0.29) is 24.5 Å². The predicted octanol–water partition coefficient (Wildman–Crippen LogP) is 1.11. The highest BCUT2D eigenvalue weighted by molar-refractivity contribution is 5.81. The number of hydrogen-bond donors (Lipinski definition) is 1. The van der Waals surface area contributed by atoms with Crippen LogP contribution in [0.3, 0.4) is 0 Å². The molecule has 2 aromatic rings. The van der Waals surface area contributed by atoms with Gasteiger partial charge in [-0.2, -0.15) is 5.10 Å². The predicted molar refractivity (Wildman–Crippen MR) is 105 cm³/mol. The Labute approximate surface area is 170 Å². The Bertz CT molecular complexity index is 853. The van der Waals surface area contributed by atoms with Crippen LogP contribution in [0.15, 0.2) is 24.8 Å². The SMILES string of the molecule is CC[C@@H](C(=O)N1CCC2(CC1)c1nc[nH]c1CCN2C(=O)COC)n1cccn1. The average Bonchev–Trinajstić information content (AvgIpc) is 3.42. The van der Waals surface area contributed by atoms with Gasteiger partial charge in [-0.05, 0) is 25.3 Å². The van der Waals surface area contributed by atoms with Crippen molar-refractivity contribution in [1.82, 2.24) is 29.5 Å². The van der Waals surface area contributed by atoms with Gasteiger partial charge in [-0.1, -0.05) is 6.92 Å². The van der Waals surface area contributed by atoms with Crippen LogP contribution in [0.2, 0.25) is 0 Å². The van der Waals surface area contributed by atoms with Crippen LogP contribution in [0, 0.1) is 0 Å². The van der Waals surface area contributed by atoms with Gasteiger partial charge in [-0.3, -0.25) is 14.3 Å². The average molecular weight is 400 g/mol. The molecule has 0 bridgehead atoms. The lowest BCUT2D eigenvalue weighted by Crippen LogP contribution is -2.59. The van der Waals surface area contributed by atoms with Crippen molar-refractivity contribution in [2.45, 2.75) is 44.2 Å². The number of aromatic nitrogens is 4. The fourth-order valence-corrected chi connectivity index (χ4v) is 4.80. The van der Waals surface area contributed by atoms with Gasteiger partial charge in [-0.25, -0.2) is 4.98 Å². The number of ether oxygens (including phenoxy) is 1. The molecule has 0 unspecified atom stereocenters. The summed E-state index contributed by atoms with van der Waals surface area (Å²) in [5, 5.41) is 4.25. The number of aromatic amines is 1. The first kappa shape index (κ1) is 19.6. The normalized spacial score (nSPS) is 19.2. The number of rotatable bonds is 5. The molecule has 1 atom stereocenters. The zero-order valence-electron chi connectivity index (χ0n) is 17.0. The van der Waals surface area contributed by atoms with Crippen LogP contribution in [-0.2, 0) is 26.3 Å². The molecule has 4 heterocycles. The number of nitrogens with zero attached hydrogens (tertiary/aromatic N) is 5. The number of nitrogens with one attached hydrogen (secondary N) is 1. The molecule has 2 aliphatic heterocycles. The van der Waals surface area contributed by atoms with Crippen molar-refractivity contribution in [3.63, 3.8) is 0 Å². The first-order chi connectivity index (χ1) is 14.1. The van der Waals surface area contributed by atoms with Crippen molar-refractivity contribution >= 4 is 11.8 Å². The smallest absolute Gasteiger partial charge is 0.249 e. The fraction of sp³-hybridized carbons (Fsp3) is 0.600. The maximum absolute atomic E-state index is 13.2. The van der Waals surface area contributed by atoms with Gasteiger partial charge in [-0.15, -0.1) is 0 Å². The van der Waals surface area contributed by atoms with Gasteiger partial charge in [0.25, 0.3) is 0 Å². The number of fused-ring (bicyclic) bond motifs is 2. The Kier molecular flexibility index (Phi) is 5.40. The number of hydrogen-bond acceptors (Lipinski definition) is 5.